The lowest BCUT2D eigenvalue weighted by Crippen LogP contribution is -2.41. The van der Waals surface area contributed by atoms with Crippen molar-refractivity contribution >= 4 is 27.3 Å². The summed E-state index contributed by atoms with van der Waals surface area (Å²) in [4.78, 5) is 14.0. The number of hydrogen-bond donors (Lipinski definition) is 0. The quantitative estimate of drug-likeness (QED) is 0.510. The van der Waals surface area contributed by atoms with E-state index in [2.05, 4.69) is 6.92 Å². The number of sulfone groups is 1. The molecule has 112 valence electrons. The first-order valence-corrected chi connectivity index (χ1v) is 9.41. The standard InChI is InChI=1S/C13H24ClNO3S/c1-2-3-9-15(13(16)6-4-5-8-14)12-7-10-19(17,18)11-12/h12H,2-11H2,1H3. The molecule has 1 aliphatic heterocycles. The van der Waals surface area contributed by atoms with Crippen molar-refractivity contribution in [1.82, 2.24) is 4.90 Å². The lowest BCUT2D eigenvalue weighted by molar-refractivity contribution is -0.133. The van der Waals surface area contributed by atoms with Gasteiger partial charge >= 0.3 is 0 Å². The Hall–Kier alpha value is -0.290. The summed E-state index contributed by atoms with van der Waals surface area (Å²) in [5.41, 5.74) is 0. The van der Waals surface area contributed by atoms with E-state index in [1.165, 1.54) is 0 Å². The molecular weight excluding hydrogens is 286 g/mol. The van der Waals surface area contributed by atoms with Crippen molar-refractivity contribution in [3.05, 3.63) is 0 Å². The van der Waals surface area contributed by atoms with Gasteiger partial charge in [0.15, 0.2) is 9.84 Å². The van der Waals surface area contributed by atoms with Crippen LogP contribution in [0.15, 0.2) is 0 Å². The van der Waals surface area contributed by atoms with E-state index >= 15 is 0 Å². The number of carbonyl (C=O) groups is 1. The van der Waals surface area contributed by atoms with E-state index in [-0.39, 0.29) is 23.5 Å². The van der Waals surface area contributed by atoms with Gasteiger partial charge in [0.2, 0.25) is 5.91 Å². The van der Waals surface area contributed by atoms with Gasteiger partial charge in [-0.2, -0.15) is 0 Å². The van der Waals surface area contributed by atoms with Gasteiger partial charge in [0.25, 0.3) is 0 Å². The van der Waals surface area contributed by atoms with Gasteiger partial charge in [-0.25, -0.2) is 8.42 Å². The molecule has 0 aromatic heterocycles. The third-order valence-electron chi connectivity index (χ3n) is 3.50. The maximum Gasteiger partial charge on any atom is 0.222 e. The van der Waals surface area contributed by atoms with E-state index in [1.807, 2.05) is 0 Å². The predicted octanol–water partition coefficient (Wildman–Crippen LogP) is 2.21. The number of rotatable bonds is 8. The maximum atomic E-state index is 12.2. The summed E-state index contributed by atoms with van der Waals surface area (Å²) < 4.78 is 23.1. The van der Waals surface area contributed by atoms with Gasteiger partial charge in [0.1, 0.15) is 0 Å². The minimum Gasteiger partial charge on any atom is -0.339 e. The highest BCUT2D eigenvalue weighted by Gasteiger charge is 2.33. The van der Waals surface area contributed by atoms with Crippen LogP contribution in [0, 0.1) is 0 Å². The molecule has 0 saturated carbocycles. The topological polar surface area (TPSA) is 54.5 Å². The molecule has 0 spiro atoms. The average Bonchev–Trinajstić information content (AvgIpc) is 2.70. The molecule has 1 fully saturated rings. The van der Waals surface area contributed by atoms with E-state index in [4.69, 9.17) is 11.6 Å². The molecule has 1 amide bonds. The van der Waals surface area contributed by atoms with Crippen LogP contribution in [0.25, 0.3) is 0 Å². The predicted molar refractivity (Wildman–Crippen MR) is 78.3 cm³/mol. The van der Waals surface area contributed by atoms with Crippen LogP contribution < -0.4 is 0 Å². The summed E-state index contributed by atoms with van der Waals surface area (Å²) in [5, 5.41) is 0. The molecule has 0 aromatic rings. The van der Waals surface area contributed by atoms with Gasteiger partial charge in [-0.3, -0.25) is 4.79 Å². The molecule has 0 aromatic carbocycles. The van der Waals surface area contributed by atoms with Crippen LogP contribution in [-0.4, -0.2) is 49.2 Å². The second kappa shape index (κ2) is 8.10. The Labute approximate surface area is 121 Å². The zero-order valence-electron chi connectivity index (χ0n) is 11.6. The monoisotopic (exact) mass is 309 g/mol. The Bertz CT molecular complexity index is 383. The van der Waals surface area contributed by atoms with Crippen molar-refractivity contribution in [1.29, 1.82) is 0 Å². The number of nitrogens with zero attached hydrogens (tertiary/aromatic N) is 1. The van der Waals surface area contributed by atoms with Gasteiger partial charge in [-0.05, 0) is 25.7 Å². The SMILES string of the molecule is CCCCN(C(=O)CCCCCl)C1CCS(=O)(=O)C1. The molecule has 0 radical (unpaired) electrons. The zero-order chi connectivity index (χ0) is 14.3. The van der Waals surface area contributed by atoms with Gasteiger partial charge < -0.3 is 4.90 Å². The summed E-state index contributed by atoms with van der Waals surface area (Å²) in [6.45, 7) is 2.75. The Morgan fingerprint density at radius 2 is 2.05 bits per heavy atom. The molecular formula is C13H24ClNO3S. The van der Waals surface area contributed by atoms with Gasteiger partial charge in [0, 0.05) is 24.9 Å². The lowest BCUT2D eigenvalue weighted by atomic mass is 10.1. The number of amides is 1. The van der Waals surface area contributed by atoms with Gasteiger partial charge in [-0.15, -0.1) is 11.6 Å². The van der Waals surface area contributed by atoms with Crippen molar-refractivity contribution in [3.63, 3.8) is 0 Å². The smallest absolute Gasteiger partial charge is 0.222 e. The van der Waals surface area contributed by atoms with Crippen molar-refractivity contribution < 1.29 is 13.2 Å². The number of unbranched alkanes of at least 4 members (excludes halogenated alkanes) is 2. The van der Waals surface area contributed by atoms with Crippen molar-refractivity contribution in [3.8, 4) is 0 Å². The molecule has 1 rings (SSSR count). The Morgan fingerprint density at radius 1 is 1.32 bits per heavy atom. The summed E-state index contributed by atoms with van der Waals surface area (Å²) >= 11 is 5.61. The highest BCUT2D eigenvalue weighted by atomic mass is 35.5. The Morgan fingerprint density at radius 3 is 2.58 bits per heavy atom. The summed E-state index contributed by atoms with van der Waals surface area (Å²) in [6.07, 6.45) is 4.62. The second-order valence-electron chi connectivity index (χ2n) is 5.14. The van der Waals surface area contributed by atoms with Crippen molar-refractivity contribution in [2.24, 2.45) is 0 Å². The van der Waals surface area contributed by atoms with Crippen molar-refractivity contribution in [2.75, 3.05) is 23.9 Å². The molecule has 0 bridgehead atoms. The molecule has 4 nitrogen and oxygen atoms in total. The Kier molecular flexibility index (Phi) is 7.15. The zero-order valence-corrected chi connectivity index (χ0v) is 13.2. The van der Waals surface area contributed by atoms with Crippen LogP contribution in [0.4, 0.5) is 0 Å². The van der Waals surface area contributed by atoms with Crippen LogP contribution in [-0.2, 0) is 14.6 Å². The van der Waals surface area contributed by atoms with E-state index in [1.54, 1.807) is 4.90 Å². The van der Waals surface area contributed by atoms with E-state index in [0.29, 0.717) is 25.3 Å². The summed E-state index contributed by atoms with van der Waals surface area (Å²) in [5.74, 6) is 1.01. The average molecular weight is 310 g/mol. The number of halogens is 1. The van der Waals surface area contributed by atoms with Gasteiger partial charge in [-0.1, -0.05) is 13.3 Å². The van der Waals surface area contributed by atoms with E-state index < -0.39 is 9.84 Å². The Balaban J connectivity index is 2.58. The van der Waals surface area contributed by atoms with Crippen LogP contribution in [0.2, 0.25) is 0 Å². The summed E-state index contributed by atoms with van der Waals surface area (Å²) in [7, 11) is -2.94. The molecule has 0 N–H and O–H groups in total. The highest BCUT2D eigenvalue weighted by molar-refractivity contribution is 7.91. The lowest BCUT2D eigenvalue weighted by Gasteiger charge is -2.28. The first-order chi connectivity index (χ1) is 9.00. The third kappa shape index (κ3) is 5.69. The fraction of sp³-hybridized carbons (Fsp3) is 0.923. The molecule has 0 aliphatic carbocycles. The number of carbonyl (C=O) groups excluding carboxylic acids is 1. The first kappa shape index (κ1) is 16.8. The second-order valence-corrected chi connectivity index (χ2v) is 7.75. The maximum absolute atomic E-state index is 12.2. The third-order valence-corrected chi connectivity index (χ3v) is 5.51. The van der Waals surface area contributed by atoms with Crippen LogP contribution in [0.3, 0.4) is 0 Å². The fourth-order valence-electron chi connectivity index (χ4n) is 2.37. The minimum absolute atomic E-state index is 0.0840. The minimum atomic E-state index is -2.94. The molecule has 1 aliphatic rings. The molecule has 1 heterocycles. The highest BCUT2D eigenvalue weighted by Crippen LogP contribution is 2.20. The molecule has 1 unspecified atom stereocenters. The van der Waals surface area contributed by atoms with E-state index in [0.717, 1.165) is 25.7 Å². The van der Waals surface area contributed by atoms with Crippen molar-refractivity contribution in [2.45, 2.75) is 51.5 Å². The van der Waals surface area contributed by atoms with Gasteiger partial charge in [0.05, 0.1) is 11.5 Å². The molecule has 6 heteroatoms. The number of hydrogen-bond acceptors (Lipinski definition) is 3. The molecule has 19 heavy (non-hydrogen) atoms. The fourth-order valence-corrected chi connectivity index (χ4v) is 4.29. The molecule has 1 atom stereocenters. The molecule has 1 saturated heterocycles. The van der Waals surface area contributed by atoms with E-state index in [9.17, 15) is 13.2 Å². The first-order valence-electron chi connectivity index (χ1n) is 7.06. The van der Waals surface area contributed by atoms with Crippen LogP contribution >= 0.6 is 11.6 Å². The number of alkyl halides is 1. The summed E-state index contributed by atoms with van der Waals surface area (Å²) in [6, 6.07) is -0.111. The van der Waals surface area contributed by atoms with Crippen LogP contribution in [0.5, 0.6) is 0 Å². The largest absolute Gasteiger partial charge is 0.339 e. The normalized spacial score (nSPS) is 21.5. The van der Waals surface area contributed by atoms with Crippen LogP contribution in [0.1, 0.15) is 45.4 Å².